The third kappa shape index (κ3) is 3.52. The Bertz CT molecular complexity index is 579. The molecule has 0 aliphatic carbocycles. The summed E-state index contributed by atoms with van der Waals surface area (Å²) in [4.78, 5) is 16.3. The number of rotatable bonds is 5. The molecule has 0 aliphatic heterocycles. The number of nitrogens with two attached hydrogens (primary N) is 1. The maximum Gasteiger partial charge on any atom is 0.243 e. The minimum absolute atomic E-state index is 0.149. The van der Waals surface area contributed by atoms with E-state index in [4.69, 9.17) is 5.73 Å². The van der Waals surface area contributed by atoms with Gasteiger partial charge in [0.05, 0.1) is 16.3 Å². The molecule has 5 heteroatoms. The first kappa shape index (κ1) is 14.0. The van der Waals surface area contributed by atoms with Crippen molar-refractivity contribution in [3.8, 4) is 0 Å². The second kappa shape index (κ2) is 6.12. The van der Waals surface area contributed by atoms with E-state index in [0.717, 1.165) is 23.1 Å². The van der Waals surface area contributed by atoms with Gasteiger partial charge < -0.3 is 11.1 Å². The Morgan fingerprint density at radius 1 is 1.53 bits per heavy atom. The van der Waals surface area contributed by atoms with Crippen LogP contribution in [0, 0.1) is 6.92 Å². The lowest BCUT2D eigenvalue weighted by Crippen LogP contribution is -2.35. The Kier molecular flexibility index (Phi) is 4.50. The highest BCUT2D eigenvalue weighted by Crippen LogP contribution is 2.26. The number of aromatic nitrogens is 1. The molecule has 19 heavy (non-hydrogen) atoms. The monoisotopic (exact) mass is 277 g/mol. The molecule has 2 aromatic rings. The average Bonchev–Trinajstić information content (AvgIpc) is 2.77. The van der Waals surface area contributed by atoms with Gasteiger partial charge in [0.15, 0.2) is 5.13 Å². The molecule has 1 atom stereocenters. The number of aryl methyl sites for hydroxylation is 1. The van der Waals surface area contributed by atoms with Gasteiger partial charge in [-0.1, -0.05) is 37.2 Å². The fraction of sp³-hybridized carbons (Fsp3) is 0.429. The molecule has 0 saturated heterocycles. The second-order valence-corrected chi connectivity index (χ2v) is 5.76. The van der Waals surface area contributed by atoms with Crippen LogP contribution in [0.5, 0.6) is 0 Å². The van der Waals surface area contributed by atoms with E-state index in [1.165, 1.54) is 16.9 Å². The molecule has 0 fully saturated rings. The molecule has 1 aromatic carbocycles. The van der Waals surface area contributed by atoms with Crippen molar-refractivity contribution in [1.82, 2.24) is 4.98 Å². The molecule has 0 radical (unpaired) electrons. The number of thiazole rings is 1. The standard InChI is InChI=1S/C14H19N3OS/c1-3-4-5-10(15)13(18)17-14-16-11-7-6-9(2)8-12(11)19-14/h6-8,10H,3-5,15H2,1-2H3,(H,16,17,18). The van der Waals surface area contributed by atoms with Crippen molar-refractivity contribution >= 4 is 32.6 Å². The second-order valence-electron chi connectivity index (χ2n) is 4.73. The SMILES string of the molecule is CCCCC(N)C(=O)Nc1nc2ccc(C)cc2s1. The Balaban J connectivity index is 2.06. The molecule has 0 bridgehead atoms. The number of unbranched alkanes of at least 4 members (excludes halogenated alkanes) is 1. The summed E-state index contributed by atoms with van der Waals surface area (Å²) in [6, 6.07) is 5.60. The van der Waals surface area contributed by atoms with Crippen molar-refractivity contribution in [3.63, 3.8) is 0 Å². The van der Waals surface area contributed by atoms with Crippen molar-refractivity contribution in [2.45, 2.75) is 39.2 Å². The molecular weight excluding hydrogens is 258 g/mol. The van der Waals surface area contributed by atoms with E-state index < -0.39 is 6.04 Å². The van der Waals surface area contributed by atoms with Gasteiger partial charge in [-0.3, -0.25) is 4.79 Å². The van der Waals surface area contributed by atoms with Crippen molar-refractivity contribution < 1.29 is 4.79 Å². The predicted octanol–water partition coefficient (Wildman–Crippen LogP) is 3.06. The number of amides is 1. The van der Waals surface area contributed by atoms with Crippen LogP contribution >= 0.6 is 11.3 Å². The fourth-order valence-corrected chi connectivity index (χ4v) is 2.81. The normalized spacial score (nSPS) is 12.6. The summed E-state index contributed by atoms with van der Waals surface area (Å²) in [6.45, 7) is 4.12. The smallest absolute Gasteiger partial charge is 0.243 e. The first-order valence-electron chi connectivity index (χ1n) is 6.53. The van der Waals surface area contributed by atoms with Crippen LogP contribution in [-0.2, 0) is 4.79 Å². The summed E-state index contributed by atoms with van der Waals surface area (Å²) in [6.07, 6.45) is 2.72. The first-order chi connectivity index (χ1) is 9.10. The number of hydrogen-bond acceptors (Lipinski definition) is 4. The number of carbonyl (C=O) groups excluding carboxylic acids is 1. The lowest BCUT2D eigenvalue weighted by Gasteiger charge is -2.09. The van der Waals surface area contributed by atoms with Crippen LogP contribution in [-0.4, -0.2) is 16.9 Å². The van der Waals surface area contributed by atoms with E-state index >= 15 is 0 Å². The van der Waals surface area contributed by atoms with Crippen molar-refractivity contribution in [1.29, 1.82) is 0 Å². The quantitative estimate of drug-likeness (QED) is 0.882. The fourth-order valence-electron chi connectivity index (χ4n) is 1.84. The van der Waals surface area contributed by atoms with Gasteiger partial charge in [-0.15, -0.1) is 0 Å². The molecule has 1 aromatic heterocycles. The van der Waals surface area contributed by atoms with E-state index in [2.05, 4.69) is 23.3 Å². The highest BCUT2D eigenvalue weighted by molar-refractivity contribution is 7.22. The number of benzene rings is 1. The first-order valence-corrected chi connectivity index (χ1v) is 7.35. The molecule has 1 unspecified atom stereocenters. The minimum atomic E-state index is -0.450. The van der Waals surface area contributed by atoms with Gasteiger partial charge >= 0.3 is 0 Å². The van der Waals surface area contributed by atoms with Crippen LogP contribution in [0.25, 0.3) is 10.2 Å². The van der Waals surface area contributed by atoms with Crippen LogP contribution in [0.15, 0.2) is 18.2 Å². The van der Waals surface area contributed by atoms with Crippen LogP contribution in [0.4, 0.5) is 5.13 Å². The van der Waals surface area contributed by atoms with Gasteiger partial charge in [0.25, 0.3) is 0 Å². The topological polar surface area (TPSA) is 68.0 Å². The van der Waals surface area contributed by atoms with E-state index in [1.54, 1.807) is 0 Å². The maximum atomic E-state index is 11.9. The van der Waals surface area contributed by atoms with Crippen molar-refractivity contribution in [2.24, 2.45) is 5.73 Å². The van der Waals surface area contributed by atoms with E-state index in [-0.39, 0.29) is 5.91 Å². The summed E-state index contributed by atoms with van der Waals surface area (Å²) < 4.78 is 1.08. The van der Waals surface area contributed by atoms with Gasteiger partial charge in [-0.05, 0) is 31.0 Å². The molecule has 3 N–H and O–H groups in total. The molecule has 0 aliphatic rings. The lowest BCUT2D eigenvalue weighted by molar-refractivity contribution is -0.117. The summed E-state index contributed by atoms with van der Waals surface area (Å²) in [7, 11) is 0. The van der Waals surface area contributed by atoms with Gasteiger partial charge in [-0.2, -0.15) is 0 Å². The van der Waals surface area contributed by atoms with Gasteiger partial charge in [0, 0.05) is 0 Å². The number of fused-ring (bicyclic) bond motifs is 1. The molecule has 0 saturated carbocycles. The molecule has 102 valence electrons. The number of nitrogens with zero attached hydrogens (tertiary/aromatic N) is 1. The van der Waals surface area contributed by atoms with Gasteiger partial charge in [0.1, 0.15) is 0 Å². The Morgan fingerprint density at radius 2 is 2.32 bits per heavy atom. The third-order valence-corrected chi connectivity index (χ3v) is 3.91. The lowest BCUT2D eigenvalue weighted by atomic mass is 10.1. The Labute approximate surface area is 117 Å². The minimum Gasteiger partial charge on any atom is -0.320 e. The number of nitrogens with one attached hydrogen (secondary N) is 1. The molecule has 0 spiro atoms. The highest BCUT2D eigenvalue weighted by atomic mass is 32.1. The zero-order valence-electron chi connectivity index (χ0n) is 11.3. The Morgan fingerprint density at radius 3 is 3.05 bits per heavy atom. The summed E-state index contributed by atoms with van der Waals surface area (Å²) >= 11 is 1.48. The summed E-state index contributed by atoms with van der Waals surface area (Å²) in [5, 5.41) is 3.43. The van der Waals surface area contributed by atoms with Crippen molar-refractivity contribution in [3.05, 3.63) is 23.8 Å². The van der Waals surface area contributed by atoms with Crippen LogP contribution in [0.3, 0.4) is 0 Å². The maximum absolute atomic E-state index is 11.9. The predicted molar refractivity (Wildman–Crippen MR) is 80.5 cm³/mol. The van der Waals surface area contributed by atoms with Gasteiger partial charge in [0.2, 0.25) is 5.91 Å². The zero-order valence-corrected chi connectivity index (χ0v) is 12.1. The largest absolute Gasteiger partial charge is 0.320 e. The highest BCUT2D eigenvalue weighted by Gasteiger charge is 2.14. The zero-order chi connectivity index (χ0) is 13.8. The summed E-state index contributed by atoms with van der Waals surface area (Å²) in [5.41, 5.74) is 7.93. The molecular formula is C14H19N3OS. The summed E-state index contributed by atoms with van der Waals surface area (Å²) in [5.74, 6) is -0.149. The van der Waals surface area contributed by atoms with Crippen LogP contribution in [0.1, 0.15) is 31.7 Å². The van der Waals surface area contributed by atoms with Crippen LogP contribution < -0.4 is 11.1 Å². The third-order valence-electron chi connectivity index (χ3n) is 2.98. The number of hydrogen-bond donors (Lipinski definition) is 2. The van der Waals surface area contributed by atoms with E-state index in [1.807, 2.05) is 19.1 Å². The number of carbonyl (C=O) groups is 1. The van der Waals surface area contributed by atoms with Crippen LogP contribution in [0.2, 0.25) is 0 Å². The molecule has 4 nitrogen and oxygen atoms in total. The molecule has 2 rings (SSSR count). The van der Waals surface area contributed by atoms with E-state index in [0.29, 0.717) is 11.6 Å². The molecule has 1 heterocycles. The number of anilines is 1. The average molecular weight is 277 g/mol. The molecule has 1 amide bonds. The van der Waals surface area contributed by atoms with E-state index in [9.17, 15) is 4.79 Å². The Hall–Kier alpha value is -1.46. The van der Waals surface area contributed by atoms with Gasteiger partial charge in [-0.25, -0.2) is 4.98 Å². The van der Waals surface area contributed by atoms with Crippen molar-refractivity contribution in [2.75, 3.05) is 5.32 Å².